The maximum Gasteiger partial charge on any atom is 0.407 e. The Bertz CT molecular complexity index is 1190. The van der Waals surface area contributed by atoms with Crippen molar-refractivity contribution in [3.05, 3.63) is 71.7 Å². The van der Waals surface area contributed by atoms with E-state index in [1.165, 1.54) is 19.2 Å². The maximum atomic E-state index is 13.4. The van der Waals surface area contributed by atoms with Gasteiger partial charge < -0.3 is 15.4 Å². The highest BCUT2D eigenvalue weighted by atomic mass is 19.1. The van der Waals surface area contributed by atoms with E-state index >= 15 is 0 Å². The quantitative estimate of drug-likeness (QED) is 0.464. The van der Waals surface area contributed by atoms with Crippen LogP contribution in [0.25, 0.3) is 10.9 Å². The van der Waals surface area contributed by atoms with Gasteiger partial charge in [-0.05, 0) is 31.2 Å². The number of amides is 1. The first-order valence-corrected chi connectivity index (χ1v) is 9.05. The zero-order valence-corrected chi connectivity index (χ0v) is 16.2. The van der Waals surface area contributed by atoms with Crippen LogP contribution >= 0.6 is 0 Å². The third-order valence-electron chi connectivity index (χ3n) is 4.32. The van der Waals surface area contributed by atoms with E-state index in [-0.39, 0.29) is 5.82 Å². The van der Waals surface area contributed by atoms with E-state index in [0.717, 1.165) is 17.3 Å². The van der Waals surface area contributed by atoms with E-state index in [1.54, 1.807) is 0 Å². The van der Waals surface area contributed by atoms with Crippen molar-refractivity contribution in [2.45, 2.75) is 13.0 Å². The van der Waals surface area contributed by atoms with Crippen LogP contribution in [0.3, 0.4) is 0 Å². The van der Waals surface area contributed by atoms with E-state index in [9.17, 15) is 9.18 Å². The molecule has 0 aliphatic rings. The molecule has 0 fully saturated rings. The van der Waals surface area contributed by atoms with Gasteiger partial charge in [0.15, 0.2) is 11.6 Å². The summed E-state index contributed by atoms with van der Waals surface area (Å²) in [4.78, 5) is 25.2. The predicted octanol–water partition coefficient (Wildman–Crippen LogP) is 3.38. The minimum absolute atomic E-state index is 0.257. The molecule has 10 heteroatoms. The average Bonchev–Trinajstić information content (AvgIpc) is 3.17. The second kappa shape index (κ2) is 8.11. The Morgan fingerprint density at radius 2 is 2.03 bits per heavy atom. The molecule has 0 radical (unpaired) electrons. The fourth-order valence-corrected chi connectivity index (χ4v) is 2.93. The van der Waals surface area contributed by atoms with E-state index < -0.39 is 18.0 Å². The number of nitrogens with zero attached hydrogens (tertiary/aromatic N) is 4. The molecule has 0 aliphatic heterocycles. The number of H-pyrrole nitrogens is 1. The number of methoxy groups -OCH3 is 1. The van der Waals surface area contributed by atoms with Gasteiger partial charge in [-0.25, -0.2) is 19.2 Å². The molecule has 0 bridgehead atoms. The summed E-state index contributed by atoms with van der Waals surface area (Å²) < 4.78 is 18.1. The van der Waals surface area contributed by atoms with Gasteiger partial charge in [0, 0.05) is 17.1 Å². The number of benzene rings is 1. The maximum absolute atomic E-state index is 13.4. The second-order valence-electron chi connectivity index (χ2n) is 6.48. The summed E-state index contributed by atoms with van der Waals surface area (Å²) >= 11 is 0. The Balaban J connectivity index is 1.83. The topological polar surface area (TPSA) is 118 Å². The minimum Gasteiger partial charge on any atom is -0.453 e. The number of carbonyl (C=O) groups excluding carboxylic acids is 1. The second-order valence-corrected chi connectivity index (χ2v) is 6.48. The fraction of sp³-hybridized carbons (Fsp3) is 0.150. The number of para-hydroxylation sites is 1. The lowest BCUT2D eigenvalue weighted by Gasteiger charge is -2.18. The molecular weight excluding hydrogens is 389 g/mol. The number of hydrogen-bond donors (Lipinski definition) is 3. The molecule has 0 aliphatic carbocycles. The largest absolute Gasteiger partial charge is 0.453 e. The number of alkyl carbamates (subject to hydrolysis) is 1. The zero-order chi connectivity index (χ0) is 21.1. The highest BCUT2D eigenvalue weighted by Gasteiger charge is 2.23. The monoisotopic (exact) mass is 407 g/mol. The van der Waals surface area contributed by atoms with Crippen molar-refractivity contribution in [1.82, 2.24) is 30.5 Å². The van der Waals surface area contributed by atoms with Crippen molar-refractivity contribution in [2.75, 3.05) is 12.4 Å². The highest BCUT2D eigenvalue weighted by molar-refractivity contribution is 5.90. The van der Waals surface area contributed by atoms with Crippen molar-refractivity contribution in [3.8, 4) is 0 Å². The molecule has 3 heterocycles. The van der Waals surface area contributed by atoms with Crippen LogP contribution in [0.15, 0.2) is 48.7 Å². The van der Waals surface area contributed by atoms with E-state index in [2.05, 4.69) is 35.8 Å². The first-order chi connectivity index (χ1) is 14.5. The number of pyridine rings is 1. The Kier molecular flexibility index (Phi) is 5.21. The first-order valence-electron chi connectivity index (χ1n) is 9.05. The van der Waals surface area contributed by atoms with Gasteiger partial charge in [-0.3, -0.25) is 10.1 Å². The number of carbonyl (C=O) groups is 1. The number of fused-ring (bicyclic) bond motifs is 1. The normalized spacial score (nSPS) is 11.8. The van der Waals surface area contributed by atoms with Crippen LogP contribution in [0.5, 0.6) is 0 Å². The molecule has 1 amide bonds. The molecule has 0 unspecified atom stereocenters. The smallest absolute Gasteiger partial charge is 0.407 e. The summed E-state index contributed by atoms with van der Waals surface area (Å²) in [6.07, 6.45) is 0.369. The molecule has 1 atom stereocenters. The molecule has 9 nitrogen and oxygen atoms in total. The minimum atomic E-state index is -0.857. The van der Waals surface area contributed by atoms with Gasteiger partial charge in [0.05, 0.1) is 24.5 Å². The molecule has 0 saturated carbocycles. The van der Waals surface area contributed by atoms with Crippen LogP contribution in [-0.4, -0.2) is 38.4 Å². The van der Waals surface area contributed by atoms with Crippen LogP contribution < -0.4 is 10.6 Å². The summed E-state index contributed by atoms with van der Waals surface area (Å²) in [6, 6.07) is 11.1. The third-order valence-corrected chi connectivity index (χ3v) is 4.32. The summed E-state index contributed by atoms with van der Waals surface area (Å²) in [5.74, 6) is 0.847. The third kappa shape index (κ3) is 4.02. The van der Waals surface area contributed by atoms with E-state index in [0.29, 0.717) is 22.8 Å². The zero-order valence-electron chi connectivity index (χ0n) is 16.2. The number of nitrogens with one attached hydrogen (secondary N) is 3. The molecule has 3 N–H and O–H groups in total. The van der Waals surface area contributed by atoms with Crippen molar-refractivity contribution in [1.29, 1.82) is 0 Å². The molecule has 152 valence electrons. The first kappa shape index (κ1) is 19.2. The van der Waals surface area contributed by atoms with Crippen molar-refractivity contribution >= 4 is 28.6 Å². The predicted molar refractivity (Wildman–Crippen MR) is 108 cm³/mol. The Hall–Kier alpha value is -4.08. The number of halogens is 1. The van der Waals surface area contributed by atoms with E-state index in [1.807, 2.05) is 37.3 Å². The van der Waals surface area contributed by atoms with Crippen LogP contribution in [-0.2, 0) is 4.74 Å². The molecular formula is C20H18FN7O2. The van der Waals surface area contributed by atoms with Crippen molar-refractivity contribution < 1.29 is 13.9 Å². The molecule has 0 spiro atoms. The number of aromatic nitrogens is 5. The van der Waals surface area contributed by atoms with Crippen molar-refractivity contribution in [3.63, 3.8) is 0 Å². The molecule has 1 aromatic carbocycles. The summed E-state index contributed by atoms with van der Waals surface area (Å²) in [6.45, 7) is 1.89. The molecule has 3 aromatic heterocycles. The number of aromatic amines is 1. The van der Waals surface area contributed by atoms with Gasteiger partial charge in [0.25, 0.3) is 0 Å². The lowest BCUT2D eigenvalue weighted by atomic mass is 10.1. The van der Waals surface area contributed by atoms with Crippen LogP contribution in [0.4, 0.5) is 20.8 Å². The number of anilines is 2. The molecule has 0 saturated heterocycles. The summed E-state index contributed by atoms with van der Waals surface area (Å²) in [5, 5.41) is 13.6. The van der Waals surface area contributed by atoms with Gasteiger partial charge in [0.2, 0.25) is 0 Å². The van der Waals surface area contributed by atoms with Crippen LogP contribution in [0.2, 0.25) is 0 Å². The van der Waals surface area contributed by atoms with Crippen molar-refractivity contribution in [2.24, 2.45) is 0 Å². The SMILES string of the molecule is COC(=O)N[C@H](c1ccc(F)cn1)c1nc(Nc2cc(C)[nH]n2)c2ccccc2n1. The van der Waals surface area contributed by atoms with Crippen LogP contribution in [0, 0.1) is 12.7 Å². The Morgan fingerprint density at radius 3 is 2.73 bits per heavy atom. The number of aryl methyl sites for hydroxylation is 1. The van der Waals surface area contributed by atoms with Gasteiger partial charge in [-0.15, -0.1) is 0 Å². The molecule has 4 rings (SSSR count). The van der Waals surface area contributed by atoms with Gasteiger partial charge in [0.1, 0.15) is 17.7 Å². The molecule has 30 heavy (non-hydrogen) atoms. The Morgan fingerprint density at radius 1 is 1.20 bits per heavy atom. The number of ether oxygens (including phenoxy) is 1. The lowest BCUT2D eigenvalue weighted by Crippen LogP contribution is -2.31. The highest BCUT2D eigenvalue weighted by Crippen LogP contribution is 2.27. The standard InChI is InChI=1S/C20H18FN7O2/c1-11-9-16(28-27-11)24-18-13-5-3-4-6-14(13)23-19(26-18)17(25-20(29)30-2)15-8-7-12(21)10-22-15/h3-10,17H,1-2H3,(H,25,29)(H2,23,24,26,27,28)/t17-/m1/s1. The fourth-order valence-electron chi connectivity index (χ4n) is 2.93. The van der Waals surface area contributed by atoms with Gasteiger partial charge >= 0.3 is 6.09 Å². The van der Waals surface area contributed by atoms with Crippen LogP contribution in [0.1, 0.15) is 23.3 Å². The van der Waals surface area contributed by atoms with E-state index in [4.69, 9.17) is 4.74 Å². The Labute approximate surface area is 170 Å². The van der Waals surface area contributed by atoms with Gasteiger partial charge in [-0.2, -0.15) is 5.10 Å². The summed E-state index contributed by atoms with van der Waals surface area (Å²) in [7, 11) is 1.25. The number of rotatable bonds is 5. The average molecular weight is 407 g/mol. The lowest BCUT2D eigenvalue weighted by molar-refractivity contribution is 0.167. The summed E-state index contributed by atoms with van der Waals surface area (Å²) in [5.41, 5.74) is 1.89. The number of hydrogen-bond acceptors (Lipinski definition) is 7. The molecule has 4 aromatic rings. The van der Waals surface area contributed by atoms with Gasteiger partial charge in [-0.1, -0.05) is 12.1 Å².